The Balaban J connectivity index is 1.72. The molecule has 0 aliphatic heterocycles. The zero-order chi connectivity index (χ0) is 15.7. The third-order valence-electron chi connectivity index (χ3n) is 3.95. The Morgan fingerprint density at radius 1 is 1.32 bits per heavy atom. The molecule has 1 fully saturated rings. The van der Waals surface area contributed by atoms with E-state index in [2.05, 4.69) is 29.6 Å². The minimum atomic E-state index is -1.10. The first-order valence-corrected chi connectivity index (χ1v) is 11.6. The number of aromatic nitrogens is 3. The fourth-order valence-corrected chi connectivity index (χ4v) is 3.06. The summed E-state index contributed by atoms with van der Waals surface area (Å²) < 4.78 is 7.15. The Labute approximate surface area is 131 Å². The van der Waals surface area contributed by atoms with Crippen molar-refractivity contribution in [3.8, 4) is 0 Å². The van der Waals surface area contributed by atoms with Gasteiger partial charge in [-0.2, -0.15) is 0 Å². The summed E-state index contributed by atoms with van der Waals surface area (Å²) in [7, 11) is -1.10. The van der Waals surface area contributed by atoms with Crippen molar-refractivity contribution in [1.29, 1.82) is 0 Å². The molecule has 0 bridgehead atoms. The molecule has 6 heteroatoms. The maximum Gasteiger partial charge on any atom is 0.264 e. The van der Waals surface area contributed by atoms with Crippen molar-refractivity contribution >= 4 is 19.0 Å². The van der Waals surface area contributed by atoms with Crippen LogP contribution in [-0.4, -0.2) is 29.2 Å². The molecular weight excluding hydrogens is 294 g/mol. The van der Waals surface area contributed by atoms with E-state index in [0.717, 1.165) is 17.3 Å². The van der Waals surface area contributed by atoms with Gasteiger partial charge >= 0.3 is 0 Å². The van der Waals surface area contributed by atoms with Gasteiger partial charge in [-0.05, 0) is 25.0 Å². The van der Waals surface area contributed by atoms with E-state index in [0.29, 0.717) is 17.9 Å². The van der Waals surface area contributed by atoms with Crippen LogP contribution in [0.25, 0.3) is 10.9 Å². The van der Waals surface area contributed by atoms with Gasteiger partial charge in [-0.3, -0.25) is 14.3 Å². The SMILES string of the molecule is C[Si](C)(C)CCOCn1cnc2cc(C3CC3)ncc2c1=O. The first kappa shape index (κ1) is 15.4. The molecule has 118 valence electrons. The number of hydrogen-bond acceptors (Lipinski definition) is 4. The van der Waals surface area contributed by atoms with Gasteiger partial charge in [0.1, 0.15) is 13.1 Å². The molecule has 0 amide bonds. The Morgan fingerprint density at radius 2 is 2.09 bits per heavy atom. The maximum atomic E-state index is 12.4. The van der Waals surface area contributed by atoms with Crippen LogP contribution in [0.15, 0.2) is 23.4 Å². The first-order valence-electron chi connectivity index (χ1n) is 7.87. The predicted octanol–water partition coefficient (Wildman–Crippen LogP) is 2.98. The van der Waals surface area contributed by atoms with Gasteiger partial charge < -0.3 is 4.74 Å². The number of hydrogen-bond donors (Lipinski definition) is 0. The lowest BCUT2D eigenvalue weighted by molar-refractivity contribution is 0.0844. The number of nitrogens with zero attached hydrogens (tertiary/aromatic N) is 3. The summed E-state index contributed by atoms with van der Waals surface area (Å²) in [5, 5.41) is 0.570. The fourth-order valence-electron chi connectivity index (χ4n) is 2.31. The van der Waals surface area contributed by atoms with Gasteiger partial charge in [0, 0.05) is 32.5 Å². The van der Waals surface area contributed by atoms with E-state index in [4.69, 9.17) is 4.74 Å². The van der Waals surface area contributed by atoms with Crippen LogP contribution in [0.1, 0.15) is 24.5 Å². The molecule has 3 rings (SSSR count). The highest BCUT2D eigenvalue weighted by Gasteiger charge is 2.25. The Kier molecular flexibility index (Phi) is 4.14. The topological polar surface area (TPSA) is 57.0 Å². The highest BCUT2D eigenvalue weighted by molar-refractivity contribution is 6.76. The fraction of sp³-hybridized carbons (Fsp3) is 0.562. The molecule has 0 aromatic carbocycles. The molecule has 5 nitrogen and oxygen atoms in total. The zero-order valence-electron chi connectivity index (χ0n) is 13.5. The standard InChI is InChI=1S/C16H23N3O2Si/c1-22(2,3)7-6-21-11-19-10-18-15-8-14(12-4-5-12)17-9-13(15)16(19)20/h8-10,12H,4-7,11H2,1-3H3. The molecule has 1 saturated carbocycles. The third-order valence-corrected chi connectivity index (χ3v) is 5.66. The van der Waals surface area contributed by atoms with E-state index in [1.165, 1.54) is 17.4 Å². The van der Waals surface area contributed by atoms with Crippen molar-refractivity contribution in [2.45, 2.75) is 51.2 Å². The maximum absolute atomic E-state index is 12.4. The van der Waals surface area contributed by atoms with Crippen LogP contribution < -0.4 is 5.56 Å². The zero-order valence-corrected chi connectivity index (χ0v) is 14.5. The van der Waals surface area contributed by atoms with Crippen LogP contribution in [0.2, 0.25) is 25.7 Å². The van der Waals surface area contributed by atoms with Crippen molar-refractivity contribution in [3.63, 3.8) is 0 Å². The second kappa shape index (κ2) is 5.93. The molecule has 0 N–H and O–H groups in total. The van der Waals surface area contributed by atoms with Crippen molar-refractivity contribution in [3.05, 3.63) is 34.6 Å². The van der Waals surface area contributed by atoms with Crippen LogP contribution in [0, 0.1) is 0 Å². The van der Waals surface area contributed by atoms with Gasteiger partial charge in [-0.1, -0.05) is 19.6 Å². The lowest BCUT2D eigenvalue weighted by Gasteiger charge is -2.15. The van der Waals surface area contributed by atoms with Gasteiger partial charge in [0.05, 0.1) is 10.9 Å². The molecule has 22 heavy (non-hydrogen) atoms. The van der Waals surface area contributed by atoms with E-state index in [1.807, 2.05) is 6.07 Å². The average molecular weight is 317 g/mol. The summed E-state index contributed by atoms with van der Waals surface area (Å²) in [6.45, 7) is 7.88. The lowest BCUT2D eigenvalue weighted by Crippen LogP contribution is -2.25. The van der Waals surface area contributed by atoms with E-state index in [1.54, 1.807) is 12.5 Å². The quantitative estimate of drug-likeness (QED) is 0.607. The molecule has 2 aromatic rings. The summed E-state index contributed by atoms with van der Waals surface area (Å²) in [5.74, 6) is 0.568. The molecule has 0 saturated heterocycles. The van der Waals surface area contributed by atoms with Crippen molar-refractivity contribution in [1.82, 2.24) is 14.5 Å². The molecule has 0 radical (unpaired) electrons. The number of rotatable bonds is 6. The van der Waals surface area contributed by atoms with E-state index < -0.39 is 8.07 Å². The highest BCUT2D eigenvalue weighted by Crippen LogP contribution is 2.39. The monoisotopic (exact) mass is 317 g/mol. The first-order chi connectivity index (χ1) is 10.4. The van der Waals surface area contributed by atoms with Gasteiger partial charge in [-0.25, -0.2) is 4.98 Å². The molecule has 2 aromatic heterocycles. The van der Waals surface area contributed by atoms with Crippen molar-refractivity contribution in [2.24, 2.45) is 0 Å². The molecule has 1 aliphatic carbocycles. The minimum absolute atomic E-state index is 0.0761. The Bertz CT molecular complexity index is 732. The van der Waals surface area contributed by atoms with Crippen LogP contribution in [0.5, 0.6) is 0 Å². The molecule has 0 atom stereocenters. The largest absolute Gasteiger partial charge is 0.361 e. The van der Waals surface area contributed by atoms with Gasteiger partial charge in [0.25, 0.3) is 5.56 Å². The molecule has 2 heterocycles. The minimum Gasteiger partial charge on any atom is -0.361 e. The number of fused-ring (bicyclic) bond motifs is 1. The van der Waals surface area contributed by atoms with Crippen molar-refractivity contribution < 1.29 is 4.74 Å². The van der Waals surface area contributed by atoms with E-state index >= 15 is 0 Å². The second-order valence-corrected chi connectivity index (χ2v) is 12.9. The highest BCUT2D eigenvalue weighted by atomic mass is 28.3. The van der Waals surface area contributed by atoms with Crippen LogP contribution in [-0.2, 0) is 11.5 Å². The summed E-state index contributed by atoms with van der Waals surface area (Å²) >= 11 is 0. The van der Waals surface area contributed by atoms with Gasteiger partial charge in [-0.15, -0.1) is 0 Å². The molecule has 1 aliphatic rings. The summed E-state index contributed by atoms with van der Waals surface area (Å²) in [6.07, 6.45) is 5.63. The smallest absolute Gasteiger partial charge is 0.264 e. The van der Waals surface area contributed by atoms with Gasteiger partial charge in [0.2, 0.25) is 0 Å². The number of pyridine rings is 1. The van der Waals surface area contributed by atoms with Gasteiger partial charge in [0.15, 0.2) is 0 Å². The molecule has 0 unspecified atom stereocenters. The lowest BCUT2D eigenvalue weighted by atomic mass is 10.2. The summed E-state index contributed by atoms with van der Waals surface area (Å²) in [6, 6.07) is 3.04. The Morgan fingerprint density at radius 3 is 2.77 bits per heavy atom. The Hall–Kier alpha value is -1.53. The van der Waals surface area contributed by atoms with E-state index in [9.17, 15) is 4.79 Å². The summed E-state index contributed by atoms with van der Waals surface area (Å²) in [5.41, 5.74) is 1.72. The van der Waals surface area contributed by atoms with Crippen molar-refractivity contribution in [2.75, 3.05) is 6.61 Å². The van der Waals surface area contributed by atoms with Crippen LogP contribution in [0.4, 0.5) is 0 Å². The van der Waals surface area contributed by atoms with Crippen LogP contribution in [0.3, 0.4) is 0 Å². The summed E-state index contributed by atoms with van der Waals surface area (Å²) in [4.78, 5) is 21.2. The molecule has 0 spiro atoms. The molecular formula is C16H23N3O2Si. The predicted molar refractivity (Wildman–Crippen MR) is 89.9 cm³/mol. The number of ether oxygens (including phenoxy) is 1. The second-order valence-electron chi connectivity index (χ2n) is 7.27. The van der Waals surface area contributed by atoms with Crippen LogP contribution >= 0.6 is 0 Å². The third kappa shape index (κ3) is 3.62. The average Bonchev–Trinajstić information content (AvgIpc) is 3.29. The normalized spacial score (nSPS) is 15.4. The van der Waals surface area contributed by atoms with E-state index in [-0.39, 0.29) is 12.3 Å².